The monoisotopic (exact) mass is 669 g/mol. The lowest BCUT2D eigenvalue weighted by Gasteiger charge is -2.36. The standard InChI is InChI=1S/C37H48FNO7S/c1-24(2)13-16-33(40)45-23-37(6,7)34(41)35(42)39-17-9-8-12-31(39)36(43)46-32(15-14-30-11-10-18-47-30)27-19-28(38)21-29(20-27)44-22-26(5)25(3)4/h10-11,13,16,18-21,24-25,31-32H,5,8-9,12,14-15,17,22-23H2,1-4,6-7H3/b16-13-/t31-,32+/m0/s1. The van der Waals surface area contributed by atoms with Crippen LogP contribution >= 0.6 is 11.3 Å². The maximum absolute atomic E-state index is 14.9. The zero-order valence-electron chi connectivity index (χ0n) is 28.4. The van der Waals surface area contributed by atoms with Crippen LogP contribution in [0.3, 0.4) is 0 Å². The van der Waals surface area contributed by atoms with Gasteiger partial charge in [0.05, 0.1) is 5.41 Å². The van der Waals surface area contributed by atoms with Crippen molar-refractivity contribution in [3.8, 4) is 5.75 Å². The number of thiophene rings is 1. The number of piperidine rings is 1. The van der Waals surface area contributed by atoms with E-state index in [1.54, 1.807) is 23.5 Å². The third-order valence-electron chi connectivity index (χ3n) is 8.03. The van der Waals surface area contributed by atoms with Crippen molar-refractivity contribution in [1.29, 1.82) is 0 Å². The van der Waals surface area contributed by atoms with Crippen LogP contribution in [0.5, 0.6) is 5.75 Å². The van der Waals surface area contributed by atoms with Gasteiger partial charge in [-0.15, -0.1) is 11.3 Å². The van der Waals surface area contributed by atoms with Crippen LogP contribution in [0.15, 0.2) is 60.0 Å². The quantitative estimate of drug-likeness (QED) is 0.0794. The Morgan fingerprint density at radius 2 is 1.87 bits per heavy atom. The van der Waals surface area contributed by atoms with E-state index in [9.17, 15) is 23.6 Å². The molecule has 8 nitrogen and oxygen atoms in total. The molecule has 47 heavy (non-hydrogen) atoms. The summed E-state index contributed by atoms with van der Waals surface area (Å²) in [5.41, 5.74) is -0.0245. The van der Waals surface area contributed by atoms with Crippen LogP contribution in [0.2, 0.25) is 0 Å². The number of rotatable bonds is 16. The first kappa shape index (κ1) is 37.7. The van der Waals surface area contributed by atoms with E-state index in [2.05, 4.69) is 6.58 Å². The SMILES string of the molecule is C=C(COc1cc(F)cc([C@@H](CCc2cccs2)OC(=O)[C@@H]2CCCCN2C(=O)C(=O)C(C)(C)COC(=O)/C=C\C(C)C)c1)C(C)C. The zero-order chi connectivity index (χ0) is 34.7. The molecule has 1 aliphatic heterocycles. The molecule has 2 heterocycles. The van der Waals surface area contributed by atoms with Crippen LogP contribution in [0.1, 0.15) is 83.8 Å². The molecule has 10 heteroatoms. The Bertz CT molecular complexity index is 1430. The van der Waals surface area contributed by atoms with Gasteiger partial charge in [0.2, 0.25) is 5.78 Å². The largest absolute Gasteiger partial charge is 0.489 e. The van der Waals surface area contributed by atoms with Crippen LogP contribution < -0.4 is 4.74 Å². The van der Waals surface area contributed by atoms with Crippen molar-refractivity contribution in [2.45, 2.75) is 85.8 Å². The molecule has 2 atom stereocenters. The Morgan fingerprint density at radius 1 is 1.13 bits per heavy atom. The minimum atomic E-state index is -1.31. The Morgan fingerprint density at radius 3 is 2.53 bits per heavy atom. The number of ether oxygens (including phenoxy) is 3. The van der Waals surface area contributed by atoms with E-state index in [-0.39, 0.29) is 31.6 Å². The molecule has 0 N–H and O–H groups in total. The van der Waals surface area contributed by atoms with Gasteiger partial charge in [-0.25, -0.2) is 14.0 Å². The number of nitrogens with zero attached hydrogens (tertiary/aromatic N) is 1. The van der Waals surface area contributed by atoms with E-state index in [1.807, 2.05) is 45.2 Å². The van der Waals surface area contributed by atoms with Crippen molar-refractivity contribution < 1.29 is 37.8 Å². The van der Waals surface area contributed by atoms with E-state index < -0.39 is 47.0 Å². The molecule has 0 bridgehead atoms. The molecule has 0 saturated carbocycles. The molecule has 0 unspecified atom stereocenters. The number of esters is 2. The summed E-state index contributed by atoms with van der Waals surface area (Å²) in [6.07, 6.45) is 4.70. The van der Waals surface area contributed by atoms with Crippen molar-refractivity contribution in [2.24, 2.45) is 17.3 Å². The summed E-state index contributed by atoms with van der Waals surface area (Å²) >= 11 is 1.57. The molecule has 3 rings (SSSR count). The Hall–Kier alpha value is -3.79. The summed E-state index contributed by atoms with van der Waals surface area (Å²) < 4.78 is 32.0. The van der Waals surface area contributed by atoms with E-state index >= 15 is 0 Å². The number of Topliss-reactive ketones (excluding diaryl/α,β-unsaturated/α-hetero) is 1. The summed E-state index contributed by atoms with van der Waals surface area (Å²) in [5.74, 6) is -2.75. The fourth-order valence-electron chi connectivity index (χ4n) is 4.91. The third kappa shape index (κ3) is 11.4. The summed E-state index contributed by atoms with van der Waals surface area (Å²) in [5, 5.41) is 1.96. The van der Waals surface area contributed by atoms with Gasteiger partial charge in [-0.1, -0.05) is 46.4 Å². The summed E-state index contributed by atoms with van der Waals surface area (Å²) in [6.45, 7) is 15.0. The van der Waals surface area contributed by atoms with Gasteiger partial charge in [0.15, 0.2) is 0 Å². The number of amides is 1. The minimum absolute atomic E-state index is 0.149. The molecule has 256 valence electrons. The Labute approximate surface area is 282 Å². The number of likely N-dealkylation sites (tertiary alicyclic amines) is 1. The lowest BCUT2D eigenvalue weighted by Crippen LogP contribution is -2.53. The molecule has 0 aliphatic carbocycles. The number of benzene rings is 1. The van der Waals surface area contributed by atoms with Gasteiger partial charge in [0, 0.05) is 23.6 Å². The second-order valence-corrected chi connectivity index (χ2v) is 14.3. The normalized spacial score (nSPS) is 15.9. The third-order valence-corrected chi connectivity index (χ3v) is 8.97. The van der Waals surface area contributed by atoms with Gasteiger partial charge in [-0.2, -0.15) is 0 Å². The van der Waals surface area contributed by atoms with Crippen LogP contribution in [0, 0.1) is 23.1 Å². The first-order chi connectivity index (χ1) is 22.2. The molecule has 1 aromatic carbocycles. The average molecular weight is 670 g/mol. The molecule has 1 amide bonds. The first-order valence-electron chi connectivity index (χ1n) is 16.2. The molecule has 1 aliphatic rings. The number of halogens is 1. The molecule has 1 aromatic heterocycles. The number of hydrogen-bond donors (Lipinski definition) is 0. The number of ketones is 1. The average Bonchev–Trinajstić information content (AvgIpc) is 3.56. The van der Waals surface area contributed by atoms with Gasteiger partial charge in [0.1, 0.15) is 36.9 Å². The van der Waals surface area contributed by atoms with Crippen LogP contribution in [-0.4, -0.2) is 54.3 Å². The molecular formula is C37H48FNO7S. The molecule has 1 saturated heterocycles. The van der Waals surface area contributed by atoms with Gasteiger partial charge in [0.25, 0.3) is 5.91 Å². The van der Waals surface area contributed by atoms with Crippen LogP contribution in [0.4, 0.5) is 4.39 Å². The van der Waals surface area contributed by atoms with Gasteiger partial charge < -0.3 is 19.1 Å². The highest BCUT2D eigenvalue weighted by atomic mass is 32.1. The van der Waals surface area contributed by atoms with E-state index in [0.29, 0.717) is 43.4 Å². The molecule has 2 aromatic rings. The topological polar surface area (TPSA) is 99.2 Å². The number of aryl methyl sites for hydroxylation is 1. The maximum atomic E-state index is 14.9. The van der Waals surface area contributed by atoms with Crippen molar-refractivity contribution in [3.63, 3.8) is 0 Å². The number of carbonyl (C=O) groups is 4. The van der Waals surface area contributed by atoms with E-state index in [4.69, 9.17) is 14.2 Å². The lowest BCUT2D eigenvalue weighted by molar-refractivity contribution is -0.165. The van der Waals surface area contributed by atoms with Crippen molar-refractivity contribution in [2.75, 3.05) is 19.8 Å². The predicted octanol–water partition coefficient (Wildman–Crippen LogP) is 7.43. The second kappa shape index (κ2) is 17.4. The van der Waals surface area contributed by atoms with Crippen molar-refractivity contribution >= 4 is 35.0 Å². The highest BCUT2D eigenvalue weighted by molar-refractivity contribution is 7.09. The number of allylic oxidation sites excluding steroid dienone is 1. The Balaban J connectivity index is 1.79. The fraction of sp³-hybridized carbons (Fsp3) is 0.514. The number of hydrogen-bond acceptors (Lipinski definition) is 8. The van der Waals surface area contributed by atoms with Crippen LogP contribution in [0.25, 0.3) is 0 Å². The smallest absolute Gasteiger partial charge is 0.330 e. The second-order valence-electron chi connectivity index (χ2n) is 13.3. The summed E-state index contributed by atoms with van der Waals surface area (Å²) in [7, 11) is 0. The van der Waals surface area contributed by atoms with E-state index in [0.717, 1.165) is 10.5 Å². The van der Waals surface area contributed by atoms with E-state index in [1.165, 1.54) is 37.0 Å². The highest BCUT2D eigenvalue weighted by Crippen LogP contribution is 2.31. The minimum Gasteiger partial charge on any atom is -0.489 e. The molecular weight excluding hydrogens is 621 g/mol. The van der Waals surface area contributed by atoms with Crippen molar-refractivity contribution in [1.82, 2.24) is 4.90 Å². The zero-order valence-corrected chi connectivity index (χ0v) is 29.2. The summed E-state index contributed by atoms with van der Waals surface area (Å²) in [6, 6.07) is 7.19. The van der Waals surface area contributed by atoms with Gasteiger partial charge in [-0.3, -0.25) is 9.59 Å². The van der Waals surface area contributed by atoms with Gasteiger partial charge in [-0.05, 0) is 92.5 Å². The lowest BCUT2D eigenvalue weighted by atomic mass is 9.87. The van der Waals surface area contributed by atoms with Crippen LogP contribution in [-0.2, 0) is 35.1 Å². The summed E-state index contributed by atoms with van der Waals surface area (Å²) in [4.78, 5) is 55.2. The Kier molecular flexibility index (Phi) is 13.9. The molecule has 0 radical (unpaired) electrons. The van der Waals surface area contributed by atoms with Crippen molar-refractivity contribution in [3.05, 3.63) is 76.3 Å². The molecule has 1 fully saturated rings. The molecule has 0 spiro atoms. The maximum Gasteiger partial charge on any atom is 0.330 e. The predicted molar refractivity (Wildman–Crippen MR) is 180 cm³/mol. The highest BCUT2D eigenvalue weighted by Gasteiger charge is 2.42. The first-order valence-corrected chi connectivity index (χ1v) is 17.1. The van der Waals surface area contributed by atoms with Gasteiger partial charge >= 0.3 is 11.9 Å². The fourth-order valence-corrected chi connectivity index (χ4v) is 5.64. The number of carbonyl (C=O) groups excluding carboxylic acids is 4.